The fourth-order valence-corrected chi connectivity index (χ4v) is 2.52. The van der Waals surface area contributed by atoms with Crippen LogP contribution in [0.1, 0.15) is 23.1 Å². The molecule has 0 aliphatic rings. The molecule has 0 aliphatic carbocycles. The topological polar surface area (TPSA) is 88.9 Å². The molecule has 26 heavy (non-hydrogen) atoms. The number of aromatic nitrogens is 3. The van der Waals surface area contributed by atoms with Crippen molar-refractivity contribution in [3.8, 4) is 5.69 Å². The molecule has 0 spiro atoms. The lowest BCUT2D eigenvalue weighted by Crippen LogP contribution is -2.14. The van der Waals surface area contributed by atoms with E-state index in [1.807, 2.05) is 0 Å². The summed E-state index contributed by atoms with van der Waals surface area (Å²) >= 11 is 5.89. The van der Waals surface area contributed by atoms with Gasteiger partial charge in [-0.3, -0.25) is 9.59 Å². The van der Waals surface area contributed by atoms with E-state index in [9.17, 15) is 9.59 Å². The van der Waals surface area contributed by atoms with Crippen LogP contribution in [-0.2, 0) is 4.79 Å². The van der Waals surface area contributed by atoms with Gasteiger partial charge in [-0.1, -0.05) is 16.8 Å². The Labute approximate surface area is 155 Å². The van der Waals surface area contributed by atoms with Crippen LogP contribution in [0.3, 0.4) is 0 Å². The highest BCUT2D eigenvalue weighted by Crippen LogP contribution is 2.18. The molecule has 132 valence electrons. The van der Waals surface area contributed by atoms with E-state index in [0.717, 1.165) is 5.69 Å². The van der Waals surface area contributed by atoms with Gasteiger partial charge in [-0.2, -0.15) is 0 Å². The third-order valence-electron chi connectivity index (χ3n) is 3.64. The van der Waals surface area contributed by atoms with Crippen LogP contribution in [0.2, 0.25) is 5.02 Å². The Bertz CT molecular complexity index is 949. The Hall–Kier alpha value is -3.19. The molecule has 2 amide bonds. The Morgan fingerprint density at radius 2 is 1.54 bits per heavy atom. The summed E-state index contributed by atoms with van der Waals surface area (Å²) in [5.41, 5.74) is 2.84. The van der Waals surface area contributed by atoms with E-state index in [4.69, 9.17) is 11.6 Å². The van der Waals surface area contributed by atoms with E-state index < -0.39 is 0 Å². The van der Waals surface area contributed by atoms with E-state index in [0.29, 0.717) is 22.1 Å². The molecule has 0 fully saturated rings. The molecular formula is C18H16ClN5O2. The average molecular weight is 370 g/mol. The first kappa shape index (κ1) is 17.6. The number of hydrogen-bond donors (Lipinski definition) is 2. The lowest BCUT2D eigenvalue weighted by Gasteiger charge is -2.07. The molecule has 1 heterocycles. The fourth-order valence-electron chi connectivity index (χ4n) is 2.40. The maximum Gasteiger partial charge on any atom is 0.278 e. The van der Waals surface area contributed by atoms with Crippen LogP contribution >= 0.6 is 11.6 Å². The smallest absolute Gasteiger partial charge is 0.278 e. The first-order valence-corrected chi connectivity index (χ1v) is 8.19. The van der Waals surface area contributed by atoms with Crippen molar-refractivity contribution in [2.24, 2.45) is 0 Å². The third-order valence-corrected chi connectivity index (χ3v) is 3.90. The lowest BCUT2D eigenvalue weighted by molar-refractivity contribution is -0.114. The highest BCUT2D eigenvalue weighted by Gasteiger charge is 2.17. The molecule has 0 saturated carbocycles. The van der Waals surface area contributed by atoms with Crippen molar-refractivity contribution < 1.29 is 9.59 Å². The summed E-state index contributed by atoms with van der Waals surface area (Å²) in [6, 6.07) is 13.9. The quantitative estimate of drug-likeness (QED) is 0.737. The van der Waals surface area contributed by atoms with Gasteiger partial charge in [0.2, 0.25) is 5.91 Å². The van der Waals surface area contributed by atoms with Crippen LogP contribution in [-0.4, -0.2) is 26.8 Å². The molecule has 2 N–H and O–H groups in total. The zero-order valence-corrected chi connectivity index (χ0v) is 14.9. The number of hydrogen-bond acceptors (Lipinski definition) is 4. The summed E-state index contributed by atoms with van der Waals surface area (Å²) in [5, 5.41) is 14.1. The first-order chi connectivity index (χ1) is 12.4. The molecule has 3 rings (SSSR count). The van der Waals surface area contributed by atoms with E-state index in [1.165, 1.54) is 6.92 Å². The van der Waals surface area contributed by atoms with E-state index in [2.05, 4.69) is 20.9 Å². The van der Waals surface area contributed by atoms with Gasteiger partial charge in [0, 0.05) is 23.3 Å². The number of carbonyl (C=O) groups is 2. The number of carbonyl (C=O) groups excluding carboxylic acids is 2. The molecular weight excluding hydrogens is 354 g/mol. The Morgan fingerprint density at radius 3 is 2.12 bits per heavy atom. The van der Waals surface area contributed by atoms with Crippen LogP contribution in [0.5, 0.6) is 0 Å². The minimum Gasteiger partial charge on any atom is -0.326 e. The van der Waals surface area contributed by atoms with Crippen LogP contribution in [0.25, 0.3) is 5.69 Å². The maximum absolute atomic E-state index is 12.5. The van der Waals surface area contributed by atoms with E-state index in [1.54, 1.807) is 60.1 Å². The van der Waals surface area contributed by atoms with Gasteiger partial charge in [-0.25, -0.2) is 4.68 Å². The largest absolute Gasteiger partial charge is 0.326 e. The molecule has 8 heteroatoms. The average Bonchev–Trinajstić information content (AvgIpc) is 2.98. The molecule has 3 aromatic rings. The Kier molecular flexibility index (Phi) is 4.99. The molecule has 7 nitrogen and oxygen atoms in total. The second-order valence-electron chi connectivity index (χ2n) is 5.62. The standard InChI is InChI=1S/C18H16ClN5O2/c1-11-17(22-23-24(11)16-9-3-13(19)4-10-16)18(26)21-15-7-5-14(6-8-15)20-12(2)25/h3-10H,1-2H3,(H,20,25)(H,21,26). The summed E-state index contributed by atoms with van der Waals surface area (Å²) in [5.74, 6) is -0.522. The molecule has 0 bridgehead atoms. The summed E-state index contributed by atoms with van der Waals surface area (Å²) in [6.45, 7) is 3.20. The Morgan fingerprint density at radius 1 is 0.962 bits per heavy atom. The molecule has 0 radical (unpaired) electrons. The number of anilines is 2. The van der Waals surface area contributed by atoms with Gasteiger partial charge in [0.05, 0.1) is 11.4 Å². The van der Waals surface area contributed by atoms with Crippen molar-refractivity contribution in [3.05, 3.63) is 64.9 Å². The second kappa shape index (κ2) is 7.37. The molecule has 0 atom stereocenters. The normalized spacial score (nSPS) is 10.4. The van der Waals surface area contributed by atoms with Crippen molar-refractivity contribution in [2.45, 2.75) is 13.8 Å². The number of rotatable bonds is 4. The van der Waals surface area contributed by atoms with Crippen molar-refractivity contribution in [2.75, 3.05) is 10.6 Å². The predicted octanol–water partition coefficient (Wildman–Crippen LogP) is 3.44. The summed E-state index contributed by atoms with van der Waals surface area (Å²) in [4.78, 5) is 23.5. The highest BCUT2D eigenvalue weighted by molar-refractivity contribution is 6.30. The van der Waals surface area contributed by atoms with Crippen LogP contribution in [0, 0.1) is 6.92 Å². The molecule has 0 aliphatic heterocycles. The summed E-state index contributed by atoms with van der Waals surface area (Å²) in [6.07, 6.45) is 0. The van der Waals surface area contributed by atoms with Crippen LogP contribution < -0.4 is 10.6 Å². The highest BCUT2D eigenvalue weighted by atomic mass is 35.5. The maximum atomic E-state index is 12.5. The van der Waals surface area contributed by atoms with Crippen molar-refractivity contribution >= 4 is 34.8 Å². The van der Waals surface area contributed by atoms with Gasteiger partial charge in [-0.15, -0.1) is 5.10 Å². The predicted molar refractivity (Wildman–Crippen MR) is 99.8 cm³/mol. The molecule has 1 aromatic heterocycles. The van der Waals surface area contributed by atoms with Crippen molar-refractivity contribution in [1.29, 1.82) is 0 Å². The summed E-state index contributed by atoms with van der Waals surface area (Å²) < 4.78 is 1.57. The molecule has 0 saturated heterocycles. The minimum absolute atomic E-state index is 0.156. The molecule has 2 aromatic carbocycles. The van der Waals surface area contributed by atoms with E-state index >= 15 is 0 Å². The van der Waals surface area contributed by atoms with Gasteiger partial charge in [0.25, 0.3) is 5.91 Å². The first-order valence-electron chi connectivity index (χ1n) is 7.81. The summed E-state index contributed by atoms with van der Waals surface area (Å²) in [7, 11) is 0. The lowest BCUT2D eigenvalue weighted by atomic mass is 10.2. The van der Waals surface area contributed by atoms with Crippen molar-refractivity contribution in [3.63, 3.8) is 0 Å². The number of benzene rings is 2. The van der Waals surface area contributed by atoms with Gasteiger partial charge >= 0.3 is 0 Å². The number of amides is 2. The van der Waals surface area contributed by atoms with Gasteiger partial charge in [-0.05, 0) is 55.5 Å². The second-order valence-corrected chi connectivity index (χ2v) is 6.06. The van der Waals surface area contributed by atoms with Gasteiger partial charge in [0.1, 0.15) is 0 Å². The Balaban J connectivity index is 1.76. The zero-order valence-electron chi connectivity index (χ0n) is 14.2. The van der Waals surface area contributed by atoms with Crippen LogP contribution in [0.4, 0.5) is 11.4 Å². The van der Waals surface area contributed by atoms with E-state index in [-0.39, 0.29) is 17.5 Å². The number of halogens is 1. The monoisotopic (exact) mass is 369 g/mol. The minimum atomic E-state index is -0.366. The van der Waals surface area contributed by atoms with Gasteiger partial charge in [0.15, 0.2) is 5.69 Å². The third kappa shape index (κ3) is 3.89. The fraction of sp³-hybridized carbons (Fsp3) is 0.111. The number of nitrogens with one attached hydrogen (secondary N) is 2. The number of nitrogens with zero attached hydrogens (tertiary/aromatic N) is 3. The molecule has 0 unspecified atom stereocenters. The SMILES string of the molecule is CC(=O)Nc1ccc(NC(=O)c2nnn(-c3ccc(Cl)cc3)c2C)cc1. The van der Waals surface area contributed by atoms with Gasteiger partial charge < -0.3 is 10.6 Å². The van der Waals surface area contributed by atoms with Crippen LogP contribution in [0.15, 0.2) is 48.5 Å². The zero-order chi connectivity index (χ0) is 18.7. The van der Waals surface area contributed by atoms with Crippen molar-refractivity contribution in [1.82, 2.24) is 15.0 Å².